The summed E-state index contributed by atoms with van der Waals surface area (Å²) >= 11 is 0. The summed E-state index contributed by atoms with van der Waals surface area (Å²) in [6, 6.07) is 9.97. The van der Waals surface area contributed by atoms with Gasteiger partial charge in [0.15, 0.2) is 5.96 Å². The van der Waals surface area contributed by atoms with Gasteiger partial charge in [0.1, 0.15) is 0 Å². The number of halogens is 1. The predicted molar refractivity (Wildman–Crippen MR) is 134 cm³/mol. The van der Waals surface area contributed by atoms with E-state index < -0.39 is 0 Å². The number of nitrogens with one attached hydrogen (secondary N) is 3. The molecule has 0 aliphatic carbocycles. The van der Waals surface area contributed by atoms with E-state index in [1.165, 1.54) is 5.69 Å². The van der Waals surface area contributed by atoms with Crippen LogP contribution in [0.4, 0.5) is 5.69 Å². The monoisotopic (exact) mass is 526 g/mol. The number of aliphatic imine (C=N–C) groups is 1. The quantitative estimate of drug-likeness (QED) is 0.201. The van der Waals surface area contributed by atoms with Crippen molar-refractivity contribution in [2.24, 2.45) is 10.9 Å². The zero-order valence-corrected chi connectivity index (χ0v) is 21.0. The molecule has 0 spiro atoms. The number of carbonyl (C=O) groups excluding carboxylic acids is 1. The van der Waals surface area contributed by atoms with Crippen LogP contribution in [0.5, 0.6) is 0 Å². The van der Waals surface area contributed by atoms with Gasteiger partial charge >= 0.3 is 0 Å². The highest BCUT2D eigenvalue weighted by molar-refractivity contribution is 14.0. The third kappa shape index (κ3) is 8.33. The number of amides is 1. The molecule has 0 bridgehead atoms. The number of nitrogens with zero attached hydrogens (tertiary/aromatic N) is 3. The highest BCUT2D eigenvalue weighted by Gasteiger charge is 2.10. The van der Waals surface area contributed by atoms with Crippen molar-refractivity contribution in [2.75, 3.05) is 18.9 Å². The maximum Gasteiger partial charge on any atom is 0.227 e. The van der Waals surface area contributed by atoms with Gasteiger partial charge in [0, 0.05) is 44.0 Å². The van der Waals surface area contributed by atoms with Gasteiger partial charge in [-0.05, 0) is 50.5 Å². The van der Waals surface area contributed by atoms with Gasteiger partial charge in [0.25, 0.3) is 0 Å². The van der Waals surface area contributed by atoms with Crippen molar-refractivity contribution < 1.29 is 4.79 Å². The van der Waals surface area contributed by atoms with E-state index in [0.29, 0.717) is 6.54 Å². The number of hydrogen-bond acceptors (Lipinski definition) is 3. The molecule has 0 saturated heterocycles. The molecule has 8 heteroatoms. The molecule has 0 fully saturated rings. The molecule has 1 aromatic heterocycles. The Hall–Kier alpha value is -2.10. The fourth-order valence-corrected chi connectivity index (χ4v) is 2.95. The molecule has 1 aromatic carbocycles. The average molecular weight is 526 g/mol. The van der Waals surface area contributed by atoms with Gasteiger partial charge in [-0.25, -0.2) is 0 Å². The smallest absolute Gasteiger partial charge is 0.227 e. The molecule has 1 amide bonds. The Labute approximate surface area is 197 Å². The van der Waals surface area contributed by atoms with Crippen molar-refractivity contribution in [1.82, 2.24) is 20.4 Å². The lowest BCUT2D eigenvalue weighted by Gasteiger charge is -2.14. The van der Waals surface area contributed by atoms with Crippen LogP contribution in [0.25, 0.3) is 0 Å². The number of aromatic nitrogens is 2. The predicted octanol–water partition coefficient (Wildman–Crippen LogP) is 3.86. The summed E-state index contributed by atoms with van der Waals surface area (Å²) in [5, 5.41) is 14.1. The second-order valence-electron chi connectivity index (χ2n) is 7.36. The number of anilines is 1. The Balaban J connectivity index is 0.00000450. The van der Waals surface area contributed by atoms with E-state index in [1.807, 2.05) is 49.7 Å². The number of hydrogen-bond donors (Lipinski definition) is 3. The molecule has 30 heavy (non-hydrogen) atoms. The van der Waals surface area contributed by atoms with Crippen LogP contribution in [-0.2, 0) is 17.9 Å². The number of guanidine groups is 1. The van der Waals surface area contributed by atoms with E-state index in [9.17, 15) is 4.79 Å². The van der Waals surface area contributed by atoms with Crippen LogP contribution in [0, 0.1) is 19.8 Å². The molecule has 2 rings (SSSR count). The molecule has 1 heterocycles. The van der Waals surface area contributed by atoms with Crippen molar-refractivity contribution in [3.8, 4) is 0 Å². The molecular weight excluding hydrogens is 491 g/mol. The number of carbonyl (C=O) groups is 1. The number of aryl methyl sites for hydroxylation is 3. The van der Waals surface area contributed by atoms with Crippen molar-refractivity contribution in [3.05, 3.63) is 47.3 Å². The second-order valence-corrected chi connectivity index (χ2v) is 7.36. The summed E-state index contributed by atoms with van der Waals surface area (Å²) in [5.74, 6) is 0.819. The van der Waals surface area contributed by atoms with Crippen molar-refractivity contribution >= 4 is 41.5 Å². The minimum absolute atomic E-state index is 0. The third-order valence-corrected chi connectivity index (χ3v) is 4.88. The minimum atomic E-state index is 0. The van der Waals surface area contributed by atoms with Gasteiger partial charge in [0.05, 0.1) is 5.69 Å². The third-order valence-electron chi connectivity index (χ3n) is 4.88. The highest BCUT2D eigenvalue weighted by Crippen LogP contribution is 2.13. The van der Waals surface area contributed by atoms with Crippen LogP contribution in [0.2, 0.25) is 0 Å². The van der Waals surface area contributed by atoms with E-state index in [-0.39, 0.29) is 35.8 Å². The molecule has 0 radical (unpaired) electrons. The lowest BCUT2D eigenvalue weighted by atomic mass is 10.1. The highest BCUT2D eigenvalue weighted by atomic mass is 127. The summed E-state index contributed by atoms with van der Waals surface area (Å²) in [6.07, 6.45) is 1.79. The molecule has 0 aliphatic rings. The molecule has 1 unspecified atom stereocenters. The number of rotatable bonds is 9. The second kappa shape index (κ2) is 13.3. The Morgan fingerprint density at radius 3 is 2.63 bits per heavy atom. The first-order chi connectivity index (χ1) is 13.9. The zero-order valence-electron chi connectivity index (χ0n) is 18.7. The fraction of sp³-hybridized carbons (Fsp3) is 0.500. The van der Waals surface area contributed by atoms with Gasteiger partial charge < -0.3 is 16.0 Å². The van der Waals surface area contributed by atoms with Gasteiger partial charge in [-0.3, -0.25) is 14.5 Å². The van der Waals surface area contributed by atoms with Gasteiger partial charge in [-0.2, -0.15) is 5.10 Å². The van der Waals surface area contributed by atoms with E-state index in [0.717, 1.165) is 48.8 Å². The van der Waals surface area contributed by atoms with Crippen LogP contribution in [0.1, 0.15) is 43.6 Å². The Morgan fingerprint density at radius 1 is 1.23 bits per heavy atom. The molecule has 3 N–H and O–H groups in total. The summed E-state index contributed by atoms with van der Waals surface area (Å²) < 4.78 is 2.03. The van der Waals surface area contributed by atoms with Gasteiger partial charge in [0.2, 0.25) is 5.91 Å². The Kier molecular flexibility index (Phi) is 11.5. The van der Waals surface area contributed by atoms with Crippen molar-refractivity contribution in [3.63, 3.8) is 0 Å². The maximum atomic E-state index is 12.1. The Morgan fingerprint density at radius 2 is 2.00 bits per heavy atom. The summed E-state index contributed by atoms with van der Waals surface area (Å²) in [7, 11) is 1.76. The largest absolute Gasteiger partial charge is 0.356 e. The van der Waals surface area contributed by atoms with E-state index in [2.05, 4.69) is 39.0 Å². The van der Waals surface area contributed by atoms with Gasteiger partial charge in [-0.15, -0.1) is 24.0 Å². The summed E-state index contributed by atoms with van der Waals surface area (Å²) in [5.41, 5.74) is 4.14. The molecule has 2 aromatic rings. The van der Waals surface area contributed by atoms with Crippen molar-refractivity contribution in [2.45, 2.75) is 53.6 Å². The van der Waals surface area contributed by atoms with Crippen LogP contribution in [0.3, 0.4) is 0 Å². The molecular formula is C22H35IN6O. The zero-order chi connectivity index (χ0) is 21.2. The van der Waals surface area contributed by atoms with Crippen LogP contribution >= 0.6 is 24.0 Å². The van der Waals surface area contributed by atoms with E-state index in [4.69, 9.17) is 0 Å². The van der Waals surface area contributed by atoms with E-state index in [1.54, 1.807) is 7.05 Å². The summed E-state index contributed by atoms with van der Waals surface area (Å²) in [6.45, 7) is 10.4. The summed E-state index contributed by atoms with van der Waals surface area (Å²) in [4.78, 5) is 16.4. The first-order valence-corrected chi connectivity index (χ1v) is 10.3. The first-order valence-electron chi connectivity index (χ1n) is 10.3. The molecule has 166 valence electrons. The fourth-order valence-electron chi connectivity index (χ4n) is 2.95. The molecule has 1 atom stereocenters. The topological polar surface area (TPSA) is 83.3 Å². The van der Waals surface area contributed by atoms with Gasteiger partial charge in [-0.1, -0.05) is 26.0 Å². The van der Waals surface area contributed by atoms with Crippen LogP contribution < -0.4 is 16.0 Å². The molecule has 0 saturated carbocycles. The lowest BCUT2D eigenvalue weighted by molar-refractivity contribution is -0.119. The van der Waals surface area contributed by atoms with E-state index >= 15 is 0 Å². The van der Waals surface area contributed by atoms with Crippen LogP contribution in [-0.4, -0.2) is 35.2 Å². The average Bonchev–Trinajstić information content (AvgIpc) is 3.04. The SMILES string of the molecule is CCC(C)C(=O)Nc1cccc(CNC(=NC)NCCCn2nc(C)cc2C)c1.I. The standard InChI is InChI=1S/C22H34N6O.HI/c1-6-16(2)21(29)26-20-10-7-9-19(14-20)15-25-22(23-5)24-11-8-12-28-18(4)13-17(3)27-28;/h7,9-10,13-14,16H,6,8,11-12,15H2,1-5H3,(H,26,29)(H2,23,24,25);1H. The molecule has 7 nitrogen and oxygen atoms in total. The normalized spacial score (nSPS) is 12.1. The maximum absolute atomic E-state index is 12.1. The number of benzene rings is 1. The Bertz CT molecular complexity index is 833. The first kappa shape index (κ1) is 25.9. The molecule has 0 aliphatic heterocycles. The van der Waals surface area contributed by atoms with Crippen LogP contribution in [0.15, 0.2) is 35.3 Å². The minimum Gasteiger partial charge on any atom is -0.356 e. The lowest BCUT2D eigenvalue weighted by Crippen LogP contribution is -2.37. The van der Waals surface area contributed by atoms with Crippen molar-refractivity contribution in [1.29, 1.82) is 0 Å².